The number of nitrogens with zero attached hydrogens (tertiary/aromatic N) is 3. The number of benzene rings is 1. The van der Waals surface area contributed by atoms with Crippen molar-refractivity contribution in [3.05, 3.63) is 47.9 Å². The number of aliphatic hydroxyl groups is 1. The summed E-state index contributed by atoms with van der Waals surface area (Å²) < 4.78 is 36.1. The second-order valence-corrected chi connectivity index (χ2v) is 8.20. The van der Waals surface area contributed by atoms with Gasteiger partial charge in [0.05, 0.1) is 37.2 Å². The molecule has 2 N–H and O–H groups in total. The molecule has 1 saturated heterocycles. The van der Waals surface area contributed by atoms with Gasteiger partial charge in [-0.2, -0.15) is 0 Å². The fraction of sp³-hybridized carbons (Fsp3) is 0.375. The zero-order chi connectivity index (χ0) is 24.4. The lowest BCUT2D eigenvalue weighted by Crippen LogP contribution is -2.33. The molecule has 5 rings (SSSR count). The predicted molar refractivity (Wildman–Crippen MR) is 123 cm³/mol. The molecule has 2 aromatic heterocycles. The summed E-state index contributed by atoms with van der Waals surface area (Å²) in [6.07, 6.45) is -0.668. The van der Waals surface area contributed by atoms with Gasteiger partial charge in [-0.1, -0.05) is 0 Å². The van der Waals surface area contributed by atoms with Gasteiger partial charge in [-0.15, -0.1) is 0 Å². The maximum absolute atomic E-state index is 14.4. The van der Waals surface area contributed by atoms with Crippen molar-refractivity contribution in [3.8, 4) is 17.4 Å². The standard InChI is InChI=1S/C24H25FN4O6/c1-32-22-5-3-17-23(28-22)15(16(25)12-27-17)11-26-7-6-18(30)21-13-29(24(31)35-21)14-2-4-19-20(10-14)34-9-8-33-19/h2-5,10,12,18,21,26,30H,6-9,11,13H2,1H3/t18-,21-/m1/s1. The Labute approximate surface area is 200 Å². The minimum Gasteiger partial charge on any atom is -0.486 e. The number of halogens is 1. The SMILES string of the molecule is COc1ccc2ncc(F)c(CNCC[C@@H](O)[C@H]3CN(c4ccc5c(c4)OCCO5)C(=O)O3)c2n1. The number of carbonyl (C=O) groups is 1. The van der Waals surface area contributed by atoms with E-state index in [1.54, 1.807) is 30.3 Å². The summed E-state index contributed by atoms with van der Waals surface area (Å²) in [4.78, 5) is 22.3. The number of rotatable bonds is 8. The average Bonchev–Trinajstić information content (AvgIpc) is 3.28. The number of amides is 1. The molecule has 4 heterocycles. The van der Waals surface area contributed by atoms with E-state index in [1.165, 1.54) is 12.0 Å². The Bertz CT molecular complexity index is 1240. The maximum Gasteiger partial charge on any atom is 0.414 e. The number of hydrogen-bond acceptors (Lipinski definition) is 9. The molecule has 1 aromatic carbocycles. The van der Waals surface area contributed by atoms with Crippen molar-refractivity contribution in [2.75, 3.05) is 38.3 Å². The maximum atomic E-state index is 14.4. The molecule has 2 aliphatic rings. The van der Waals surface area contributed by atoms with Crippen molar-refractivity contribution in [3.63, 3.8) is 0 Å². The molecule has 1 amide bonds. The van der Waals surface area contributed by atoms with Crippen LogP contribution in [0.5, 0.6) is 17.4 Å². The van der Waals surface area contributed by atoms with Gasteiger partial charge in [0.15, 0.2) is 11.5 Å². The lowest BCUT2D eigenvalue weighted by atomic mass is 10.1. The zero-order valence-corrected chi connectivity index (χ0v) is 19.1. The van der Waals surface area contributed by atoms with Gasteiger partial charge in [0.25, 0.3) is 0 Å². The fourth-order valence-corrected chi connectivity index (χ4v) is 4.10. The third-order valence-electron chi connectivity index (χ3n) is 5.97. The Morgan fingerprint density at radius 2 is 2.09 bits per heavy atom. The van der Waals surface area contributed by atoms with Crippen LogP contribution < -0.4 is 24.4 Å². The highest BCUT2D eigenvalue weighted by Crippen LogP contribution is 2.35. The molecule has 0 bridgehead atoms. The second-order valence-electron chi connectivity index (χ2n) is 8.20. The molecule has 0 saturated carbocycles. The molecule has 11 heteroatoms. The highest BCUT2D eigenvalue weighted by molar-refractivity contribution is 5.90. The Hall–Kier alpha value is -3.70. The highest BCUT2D eigenvalue weighted by Gasteiger charge is 2.37. The van der Waals surface area contributed by atoms with E-state index in [2.05, 4.69) is 15.3 Å². The number of carbonyl (C=O) groups excluding carboxylic acids is 1. The van der Waals surface area contributed by atoms with Gasteiger partial charge in [0.2, 0.25) is 5.88 Å². The Kier molecular flexibility index (Phi) is 6.51. The van der Waals surface area contributed by atoms with Crippen LogP contribution in [-0.4, -0.2) is 66.8 Å². The molecule has 3 aromatic rings. The van der Waals surface area contributed by atoms with Gasteiger partial charge in [-0.25, -0.2) is 14.2 Å². The topological polar surface area (TPSA) is 115 Å². The fourth-order valence-electron chi connectivity index (χ4n) is 4.10. The number of pyridine rings is 2. The predicted octanol–water partition coefficient (Wildman–Crippen LogP) is 2.41. The first-order valence-corrected chi connectivity index (χ1v) is 11.3. The lowest BCUT2D eigenvalue weighted by Gasteiger charge is -2.21. The number of ether oxygens (including phenoxy) is 4. The van der Waals surface area contributed by atoms with E-state index in [4.69, 9.17) is 18.9 Å². The van der Waals surface area contributed by atoms with Crippen LogP contribution in [0.4, 0.5) is 14.9 Å². The van der Waals surface area contributed by atoms with E-state index in [-0.39, 0.29) is 13.1 Å². The summed E-state index contributed by atoms with van der Waals surface area (Å²) in [7, 11) is 1.49. The summed E-state index contributed by atoms with van der Waals surface area (Å²) in [6.45, 7) is 1.68. The molecule has 0 radical (unpaired) electrons. The van der Waals surface area contributed by atoms with E-state index in [9.17, 15) is 14.3 Å². The summed E-state index contributed by atoms with van der Waals surface area (Å²) in [5.41, 5.74) is 1.94. The Balaban J connectivity index is 1.17. The minimum atomic E-state index is -0.897. The van der Waals surface area contributed by atoms with Crippen molar-refractivity contribution in [1.82, 2.24) is 15.3 Å². The van der Waals surface area contributed by atoms with Crippen LogP contribution in [0.25, 0.3) is 11.0 Å². The van der Waals surface area contributed by atoms with Crippen LogP contribution in [0, 0.1) is 5.82 Å². The number of nitrogens with one attached hydrogen (secondary N) is 1. The first-order chi connectivity index (χ1) is 17.0. The van der Waals surface area contributed by atoms with Gasteiger partial charge in [0.1, 0.15) is 30.7 Å². The summed E-state index contributed by atoms with van der Waals surface area (Å²) >= 11 is 0. The van der Waals surface area contributed by atoms with Crippen molar-refractivity contribution in [2.24, 2.45) is 0 Å². The molecule has 35 heavy (non-hydrogen) atoms. The highest BCUT2D eigenvalue weighted by atomic mass is 19.1. The third-order valence-corrected chi connectivity index (χ3v) is 5.97. The monoisotopic (exact) mass is 484 g/mol. The molecule has 10 nitrogen and oxygen atoms in total. The number of aliphatic hydroxyl groups excluding tert-OH is 1. The summed E-state index contributed by atoms with van der Waals surface area (Å²) in [5.74, 6) is 1.08. The number of anilines is 1. The Morgan fingerprint density at radius 3 is 2.91 bits per heavy atom. The normalized spacial score (nSPS) is 18.0. The van der Waals surface area contributed by atoms with E-state index < -0.39 is 24.1 Å². The van der Waals surface area contributed by atoms with Crippen molar-refractivity contribution in [2.45, 2.75) is 25.2 Å². The van der Waals surface area contributed by atoms with Gasteiger partial charge >= 0.3 is 6.09 Å². The molecular formula is C24H25FN4O6. The van der Waals surface area contributed by atoms with Crippen LogP contribution in [0.3, 0.4) is 0 Å². The zero-order valence-electron chi connectivity index (χ0n) is 19.1. The van der Waals surface area contributed by atoms with E-state index >= 15 is 0 Å². The number of aromatic nitrogens is 2. The quantitative estimate of drug-likeness (QED) is 0.465. The van der Waals surface area contributed by atoms with Crippen LogP contribution in [-0.2, 0) is 11.3 Å². The van der Waals surface area contributed by atoms with Gasteiger partial charge < -0.3 is 29.4 Å². The van der Waals surface area contributed by atoms with Crippen LogP contribution >= 0.6 is 0 Å². The van der Waals surface area contributed by atoms with Gasteiger partial charge in [0, 0.05) is 24.2 Å². The molecule has 184 valence electrons. The van der Waals surface area contributed by atoms with Crippen LogP contribution in [0.1, 0.15) is 12.0 Å². The van der Waals surface area contributed by atoms with Crippen molar-refractivity contribution in [1.29, 1.82) is 0 Å². The first-order valence-electron chi connectivity index (χ1n) is 11.3. The molecule has 2 atom stereocenters. The van der Waals surface area contributed by atoms with Crippen molar-refractivity contribution < 1.29 is 33.2 Å². The number of methoxy groups -OCH3 is 1. The van der Waals surface area contributed by atoms with Crippen LogP contribution in [0.2, 0.25) is 0 Å². The third kappa shape index (κ3) is 4.77. The Morgan fingerprint density at radius 1 is 1.26 bits per heavy atom. The lowest BCUT2D eigenvalue weighted by molar-refractivity contribution is 0.0282. The van der Waals surface area contributed by atoms with Crippen molar-refractivity contribution >= 4 is 22.8 Å². The molecule has 0 spiro atoms. The molecule has 0 unspecified atom stereocenters. The number of fused-ring (bicyclic) bond motifs is 2. The first kappa shape index (κ1) is 23.1. The largest absolute Gasteiger partial charge is 0.486 e. The summed E-state index contributed by atoms with van der Waals surface area (Å²) in [6, 6.07) is 8.61. The molecular weight excluding hydrogens is 459 g/mol. The smallest absolute Gasteiger partial charge is 0.414 e. The van der Waals surface area contributed by atoms with E-state index in [1.807, 2.05) is 0 Å². The number of hydrogen-bond donors (Lipinski definition) is 2. The second kappa shape index (κ2) is 9.88. The van der Waals surface area contributed by atoms with Gasteiger partial charge in [-0.3, -0.25) is 9.88 Å². The number of cyclic esters (lactones) is 1. The van der Waals surface area contributed by atoms with E-state index in [0.717, 1.165) is 6.20 Å². The van der Waals surface area contributed by atoms with E-state index in [0.29, 0.717) is 65.8 Å². The molecule has 2 aliphatic heterocycles. The van der Waals surface area contributed by atoms with Gasteiger partial charge in [-0.05, 0) is 31.2 Å². The minimum absolute atomic E-state index is 0.186. The average molecular weight is 484 g/mol. The van der Waals surface area contributed by atoms with Crippen LogP contribution in [0.15, 0.2) is 36.5 Å². The summed E-state index contributed by atoms with van der Waals surface area (Å²) in [5, 5.41) is 13.7. The molecule has 1 fully saturated rings. The molecule has 0 aliphatic carbocycles.